The van der Waals surface area contributed by atoms with Crippen molar-refractivity contribution in [3.8, 4) is 11.5 Å². The summed E-state index contributed by atoms with van der Waals surface area (Å²) in [5.74, 6) is 2.40. The Morgan fingerprint density at radius 1 is 1.25 bits per heavy atom. The Kier molecular flexibility index (Phi) is 4.67. The molecule has 0 saturated heterocycles. The summed E-state index contributed by atoms with van der Waals surface area (Å²) in [6, 6.07) is 1.68. The lowest BCUT2D eigenvalue weighted by Crippen LogP contribution is -2.26. The lowest BCUT2D eigenvalue weighted by Gasteiger charge is -2.19. The zero-order valence-corrected chi connectivity index (χ0v) is 15.9. The van der Waals surface area contributed by atoms with Crippen molar-refractivity contribution >= 4 is 30.9 Å². The second-order valence-electron chi connectivity index (χ2n) is 7.62. The Morgan fingerprint density at radius 2 is 1.92 bits per heavy atom. The minimum absolute atomic E-state index is 0.308. The molecular formula is C18H22N2O3Si. The molecule has 24 heavy (non-hydrogen) atoms. The van der Waals surface area contributed by atoms with Gasteiger partial charge in [0.15, 0.2) is 0 Å². The largest absolute Gasteiger partial charge is 0.443 e. The van der Waals surface area contributed by atoms with E-state index in [2.05, 4.69) is 36.1 Å². The molecule has 2 aromatic heterocycles. The van der Waals surface area contributed by atoms with Gasteiger partial charge in [-0.05, 0) is 32.8 Å². The first-order valence-electron chi connectivity index (χ1n) is 7.74. The number of Topliss-reactive ketones (excluding diaryl/α,β-unsaturated/α-hetero) is 1. The van der Waals surface area contributed by atoms with Crippen LogP contribution in [0.25, 0.3) is 10.9 Å². The zero-order valence-electron chi connectivity index (χ0n) is 14.9. The van der Waals surface area contributed by atoms with Crippen molar-refractivity contribution in [1.82, 2.24) is 9.55 Å². The maximum absolute atomic E-state index is 12.5. The number of pyridine rings is 1. The number of carbonyl (C=O) groups is 2. The molecule has 0 atom stereocenters. The predicted octanol–water partition coefficient (Wildman–Crippen LogP) is 3.88. The Labute approximate surface area is 143 Å². The van der Waals surface area contributed by atoms with Gasteiger partial charge in [-0.2, -0.15) is 0 Å². The summed E-state index contributed by atoms with van der Waals surface area (Å²) in [4.78, 5) is 28.9. The van der Waals surface area contributed by atoms with E-state index in [4.69, 9.17) is 4.74 Å². The molecule has 2 rings (SSSR count). The molecule has 0 spiro atoms. The van der Waals surface area contributed by atoms with Gasteiger partial charge in [0.2, 0.25) is 5.78 Å². The normalized spacial score (nSPS) is 11.8. The van der Waals surface area contributed by atoms with Crippen LogP contribution in [0, 0.1) is 11.5 Å². The average molecular weight is 342 g/mol. The number of hydrogen-bond acceptors (Lipinski definition) is 4. The number of aromatic nitrogens is 2. The fraction of sp³-hybridized carbons (Fsp3) is 0.389. The van der Waals surface area contributed by atoms with Gasteiger partial charge in [-0.25, -0.2) is 4.79 Å². The van der Waals surface area contributed by atoms with E-state index in [-0.39, 0.29) is 5.78 Å². The third kappa shape index (κ3) is 4.33. The number of fused-ring (bicyclic) bond motifs is 1. The SMILES string of the molecule is CC(C)(C)OC(=O)n1cc(C(=O)C#C[Si](C)(C)C)c2cnccc21. The fourth-order valence-corrected chi connectivity index (χ4v) is 2.52. The maximum Gasteiger partial charge on any atom is 0.419 e. The second kappa shape index (κ2) is 6.25. The van der Waals surface area contributed by atoms with Crippen LogP contribution in [-0.2, 0) is 4.74 Å². The second-order valence-corrected chi connectivity index (χ2v) is 12.4. The summed E-state index contributed by atoms with van der Waals surface area (Å²) < 4.78 is 6.74. The number of nitrogens with zero attached hydrogens (tertiary/aromatic N) is 2. The van der Waals surface area contributed by atoms with Crippen molar-refractivity contribution in [3.05, 3.63) is 30.2 Å². The van der Waals surface area contributed by atoms with Gasteiger partial charge >= 0.3 is 6.09 Å². The van der Waals surface area contributed by atoms with E-state index >= 15 is 0 Å². The number of rotatable bonds is 1. The van der Waals surface area contributed by atoms with Gasteiger partial charge in [-0.3, -0.25) is 14.3 Å². The van der Waals surface area contributed by atoms with Crippen LogP contribution < -0.4 is 0 Å². The lowest BCUT2D eigenvalue weighted by molar-refractivity contribution is 0.0544. The van der Waals surface area contributed by atoms with E-state index < -0.39 is 19.8 Å². The first kappa shape index (κ1) is 18.0. The van der Waals surface area contributed by atoms with Gasteiger partial charge in [0, 0.05) is 24.0 Å². The van der Waals surface area contributed by atoms with Crippen molar-refractivity contribution < 1.29 is 14.3 Å². The molecule has 0 aliphatic heterocycles. The van der Waals surface area contributed by atoms with Gasteiger partial charge in [0.1, 0.15) is 13.7 Å². The van der Waals surface area contributed by atoms with Crippen LogP contribution in [0.3, 0.4) is 0 Å². The van der Waals surface area contributed by atoms with Crippen LogP contribution in [0.15, 0.2) is 24.7 Å². The zero-order chi connectivity index (χ0) is 18.1. The molecule has 0 aliphatic rings. The summed E-state index contributed by atoms with van der Waals surface area (Å²) >= 11 is 0. The van der Waals surface area contributed by atoms with Crippen LogP contribution in [-0.4, -0.2) is 35.1 Å². The van der Waals surface area contributed by atoms with E-state index in [9.17, 15) is 9.59 Å². The highest BCUT2D eigenvalue weighted by molar-refractivity contribution is 6.84. The molecule has 6 heteroatoms. The predicted molar refractivity (Wildman–Crippen MR) is 96.8 cm³/mol. The van der Waals surface area contributed by atoms with Crippen molar-refractivity contribution in [3.63, 3.8) is 0 Å². The van der Waals surface area contributed by atoms with E-state index in [1.165, 1.54) is 10.8 Å². The Morgan fingerprint density at radius 3 is 2.50 bits per heavy atom. The van der Waals surface area contributed by atoms with Gasteiger partial charge in [0.05, 0.1) is 11.1 Å². The molecule has 5 nitrogen and oxygen atoms in total. The first-order chi connectivity index (χ1) is 11.0. The highest BCUT2D eigenvalue weighted by Gasteiger charge is 2.22. The number of ether oxygens (including phenoxy) is 1. The topological polar surface area (TPSA) is 61.2 Å². The van der Waals surface area contributed by atoms with Crippen LogP contribution in [0.4, 0.5) is 4.79 Å². The molecule has 0 N–H and O–H groups in total. The smallest absolute Gasteiger partial charge is 0.419 e. The molecule has 2 aromatic rings. The van der Waals surface area contributed by atoms with Crippen LogP contribution >= 0.6 is 0 Å². The highest BCUT2D eigenvalue weighted by Crippen LogP contribution is 2.22. The Bertz CT molecular complexity index is 858. The first-order valence-corrected chi connectivity index (χ1v) is 11.2. The summed E-state index contributed by atoms with van der Waals surface area (Å²) in [6.45, 7) is 11.6. The Balaban J connectivity index is 2.51. The minimum Gasteiger partial charge on any atom is -0.443 e. The lowest BCUT2D eigenvalue weighted by atomic mass is 10.1. The van der Waals surface area contributed by atoms with E-state index in [1.54, 1.807) is 39.2 Å². The Hall–Kier alpha value is -2.39. The summed E-state index contributed by atoms with van der Waals surface area (Å²) in [5.41, 5.74) is 3.38. The van der Waals surface area contributed by atoms with Crippen molar-refractivity contribution in [2.24, 2.45) is 0 Å². The number of carbonyl (C=O) groups excluding carboxylic acids is 2. The molecule has 126 valence electrons. The molecule has 0 radical (unpaired) electrons. The molecule has 0 aliphatic carbocycles. The molecule has 0 amide bonds. The molecule has 0 saturated carbocycles. The molecule has 0 bridgehead atoms. The van der Waals surface area contributed by atoms with Gasteiger partial charge < -0.3 is 4.74 Å². The standard InChI is InChI=1S/C18H22N2O3Si/c1-18(2,3)23-17(22)20-12-14(13-11-19-9-7-15(13)20)16(21)8-10-24(4,5)6/h7,9,11-12H,1-6H3. The van der Waals surface area contributed by atoms with E-state index in [0.29, 0.717) is 16.5 Å². The minimum atomic E-state index is -1.66. The number of hydrogen-bond donors (Lipinski definition) is 0. The molecule has 0 fully saturated rings. The van der Waals surface area contributed by atoms with Crippen molar-refractivity contribution in [2.75, 3.05) is 0 Å². The van der Waals surface area contributed by atoms with E-state index in [1.807, 2.05) is 0 Å². The maximum atomic E-state index is 12.5. The van der Waals surface area contributed by atoms with Crippen LogP contribution in [0.5, 0.6) is 0 Å². The summed E-state index contributed by atoms with van der Waals surface area (Å²) in [6.07, 6.45) is 4.10. The quantitative estimate of drug-likeness (QED) is 0.448. The molecule has 2 heterocycles. The van der Waals surface area contributed by atoms with Crippen LogP contribution in [0.2, 0.25) is 19.6 Å². The van der Waals surface area contributed by atoms with Gasteiger partial charge in [-0.15, -0.1) is 5.54 Å². The van der Waals surface area contributed by atoms with Crippen molar-refractivity contribution in [1.29, 1.82) is 0 Å². The van der Waals surface area contributed by atoms with Gasteiger partial charge in [-0.1, -0.05) is 19.6 Å². The van der Waals surface area contributed by atoms with Crippen molar-refractivity contribution in [2.45, 2.75) is 46.0 Å². The third-order valence-electron chi connectivity index (χ3n) is 2.99. The van der Waals surface area contributed by atoms with E-state index in [0.717, 1.165) is 0 Å². The summed E-state index contributed by atoms with van der Waals surface area (Å²) in [5, 5.41) is 0.596. The number of ketones is 1. The highest BCUT2D eigenvalue weighted by atomic mass is 28.3. The molecule has 0 unspecified atom stereocenters. The van der Waals surface area contributed by atoms with Gasteiger partial charge in [0.25, 0.3) is 0 Å². The van der Waals surface area contributed by atoms with Crippen LogP contribution in [0.1, 0.15) is 31.1 Å². The molecule has 0 aromatic carbocycles. The molecular weight excluding hydrogens is 320 g/mol. The summed E-state index contributed by atoms with van der Waals surface area (Å²) in [7, 11) is -1.66. The average Bonchev–Trinajstić information content (AvgIpc) is 2.82. The fourth-order valence-electron chi connectivity index (χ4n) is 2.03. The monoisotopic (exact) mass is 342 g/mol. The third-order valence-corrected chi connectivity index (χ3v) is 3.87.